The van der Waals surface area contributed by atoms with Crippen LogP contribution in [0.4, 0.5) is 5.69 Å². The number of fused-ring (bicyclic) bond motifs is 1. The van der Waals surface area contributed by atoms with E-state index in [1.165, 1.54) is 17.5 Å². The van der Waals surface area contributed by atoms with Crippen molar-refractivity contribution < 1.29 is 8.42 Å². The summed E-state index contributed by atoms with van der Waals surface area (Å²) in [4.78, 5) is 3.10. The van der Waals surface area contributed by atoms with Crippen LogP contribution < -0.4 is 5.73 Å². The molecule has 0 spiro atoms. The Hall–Kier alpha value is -2.04. The Morgan fingerprint density at radius 2 is 2.20 bits per heavy atom. The average molecular weight is 292 g/mol. The first kappa shape index (κ1) is 14.4. The minimum Gasteiger partial charge on any atom is -0.399 e. The van der Waals surface area contributed by atoms with Gasteiger partial charge in [0.25, 0.3) is 0 Å². The SMILES string of the molecule is CC(CC#N)N(C)S(=O)(=O)c1c[nH]c2cc(N)ccc12. The van der Waals surface area contributed by atoms with Crippen LogP contribution in [0.3, 0.4) is 0 Å². The fourth-order valence-corrected chi connectivity index (χ4v) is 3.51. The molecule has 1 heterocycles. The van der Waals surface area contributed by atoms with Gasteiger partial charge in [0.1, 0.15) is 4.90 Å². The third-order valence-electron chi connectivity index (χ3n) is 3.33. The van der Waals surface area contributed by atoms with E-state index < -0.39 is 10.0 Å². The molecular weight excluding hydrogens is 276 g/mol. The van der Waals surface area contributed by atoms with Gasteiger partial charge >= 0.3 is 0 Å². The molecular formula is C13H16N4O2S. The van der Waals surface area contributed by atoms with Crippen LogP contribution in [-0.2, 0) is 10.0 Å². The number of anilines is 1. The van der Waals surface area contributed by atoms with Gasteiger partial charge in [-0.15, -0.1) is 0 Å². The topological polar surface area (TPSA) is 103 Å². The van der Waals surface area contributed by atoms with Crippen molar-refractivity contribution in [2.24, 2.45) is 0 Å². The van der Waals surface area contributed by atoms with E-state index in [4.69, 9.17) is 11.0 Å². The molecule has 1 unspecified atom stereocenters. The highest BCUT2D eigenvalue weighted by atomic mass is 32.2. The number of nitrogens with one attached hydrogen (secondary N) is 1. The fraction of sp³-hybridized carbons (Fsp3) is 0.308. The highest BCUT2D eigenvalue weighted by Crippen LogP contribution is 2.27. The molecule has 1 aromatic heterocycles. The number of aromatic amines is 1. The Balaban J connectivity index is 2.50. The summed E-state index contributed by atoms with van der Waals surface area (Å²) >= 11 is 0. The highest BCUT2D eigenvalue weighted by molar-refractivity contribution is 7.89. The van der Waals surface area contributed by atoms with E-state index >= 15 is 0 Å². The van der Waals surface area contributed by atoms with Gasteiger partial charge in [-0.1, -0.05) is 0 Å². The fourth-order valence-electron chi connectivity index (χ4n) is 1.98. The molecule has 1 atom stereocenters. The molecule has 3 N–H and O–H groups in total. The number of hydrogen-bond acceptors (Lipinski definition) is 4. The van der Waals surface area contributed by atoms with Crippen molar-refractivity contribution >= 4 is 26.6 Å². The van der Waals surface area contributed by atoms with E-state index in [0.717, 1.165) is 0 Å². The molecule has 7 heteroatoms. The van der Waals surface area contributed by atoms with Crippen molar-refractivity contribution in [2.75, 3.05) is 12.8 Å². The number of aromatic nitrogens is 1. The zero-order chi connectivity index (χ0) is 14.9. The summed E-state index contributed by atoms with van der Waals surface area (Å²) in [5, 5.41) is 9.29. The summed E-state index contributed by atoms with van der Waals surface area (Å²) in [7, 11) is -2.17. The van der Waals surface area contributed by atoms with Gasteiger partial charge < -0.3 is 10.7 Å². The minimum absolute atomic E-state index is 0.144. The van der Waals surface area contributed by atoms with Crippen LogP contribution >= 0.6 is 0 Å². The van der Waals surface area contributed by atoms with Crippen molar-refractivity contribution in [3.63, 3.8) is 0 Å². The maximum absolute atomic E-state index is 12.6. The van der Waals surface area contributed by atoms with Crippen molar-refractivity contribution in [1.82, 2.24) is 9.29 Å². The Bertz CT molecular complexity index is 773. The normalized spacial score (nSPS) is 13.5. The molecule has 20 heavy (non-hydrogen) atoms. The quantitative estimate of drug-likeness (QED) is 0.836. The van der Waals surface area contributed by atoms with Crippen LogP contribution in [0.5, 0.6) is 0 Å². The number of benzene rings is 1. The van der Waals surface area contributed by atoms with Crippen LogP contribution in [0.15, 0.2) is 29.3 Å². The molecule has 2 rings (SSSR count). The monoisotopic (exact) mass is 292 g/mol. The second-order valence-electron chi connectivity index (χ2n) is 4.69. The van der Waals surface area contributed by atoms with E-state index in [1.807, 2.05) is 6.07 Å². The maximum atomic E-state index is 12.6. The number of sulfonamides is 1. The van der Waals surface area contributed by atoms with Crippen LogP contribution in [0, 0.1) is 11.3 Å². The van der Waals surface area contributed by atoms with Crippen LogP contribution in [0.25, 0.3) is 10.9 Å². The van der Waals surface area contributed by atoms with Crippen LogP contribution in [0.1, 0.15) is 13.3 Å². The predicted octanol–water partition coefficient (Wildman–Crippen LogP) is 1.67. The molecule has 0 aliphatic carbocycles. The molecule has 0 aliphatic heterocycles. The minimum atomic E-state index is -3.65. The lowest BCUT2D eigenvalue weighted by Crippen LogP contribution is -2.34. The van der Waals surface area contributed by atoms with Gasteiger partial charge in [-0.2, -0.15) is 9.57 Å². The summed E-state index contributed by atoms with van der Waals surface area (Å²) < 4.78 is 26.4. The van der Waals surface area contributed by atoms with Gasteiger partial charge in [-0.25, -0.2) is 8.42 Å². The van der Waals surface area contributed by atoms with Crippen molar-refractivity contribution in [3.8, 4) is 6.07 Å². The molecule has 0 saturated carbocycles. The number of nitriles is 1. The number of hydrogen-bond donors (Lipinski definition) is 2. The third kappa shape index (κ3) is 2.35. The number of nitrogens with zero attached hydrogens (tertiary/aromatic N) is 2. The van der Waals surface area contributed by atoms with E-state index in [9.17, 15) is 8.42 Å². The number of nitrogen functional groups attached to an aromatic ring is 1. The Morgan fingerprint density at radius 1 is 1.50 bits per heavy atom. The molecule has 106 valence electrons. The van der Waals surface area contributed by atoms with Gasteiger partial charge in [0.15, 0.2) is 0 Å². The standard InChI is InChI=1S/C13H16N4O2S/c1-9(5-6-14)17(2)20(18,19)13-8-16-12-7-10(15)3-4-11(12)13/h3-4,7-9,16H,5,15H2,1-2H3. The number of nitrogens with two attached hydrogens (primary N) is 1. The van der Waals surface area contributed by atoms with E-state index in [2.05, 4.69) is 4.98 Å². The molecule has 0 bridgehead atoms. The lowest BCUT2D eigenvalue weighted by molar-refractivity contribution is 0.393. The lowest BCUT2D eigenvalue weighted by atomic mass is 10.2. The second-order valence-corrected chi connectivity index (χ2v) is 6.66. The third-order valence-corrected chi connectivity index (χ3v) is 5.34. The highest BCUT2D eigenvalue weighted by Gasteiger charge is 2.27. The van der Waals surface area contributed by atoms with Gasteiger partial charge in [-0.05, 0) is 25.1 Å². The maximum Gasteiger partial charge on any atom is 0.245 e. The first-order valence-electron chi connectivity index (χ1n) is 6.09. The van der Waals surface area contributed by atoms with E-state index in [0.29, 0.717) is 16.6 Å². The second kappa shape index (κ2) is 5.15. The molecule has 0 aliphatic rings. The molecule has 2 aromatic rings. The molecule has 0 radical (unpaired) electrons. The smallest absolute Gasteiger partial charge is 0.245 e. The number of H-pyrrole nitrogens is 1. The largest absolute Gasteiger partial charge is 0.399 e. The summed E-state index contributed by atoms with van der Waals surface area (Å²) in [5.74, 6) is 0. The van der Waals surface area contributed by atoms with Crippen molar-refractivity contribution in [2.45, 2.75) is 24.3 Å². The van der Waals surface area contributed by atoms with Crippen molar-refractivity contribution in [3.05, 3.63) is 24.4 Å². The van der Waals surface area contributed by atoms with E-state index in [-0.39, 0.29) is 17.4 Å². The summed E-state index contributed by atoms with van der Waals surface area (Å²) in [6, 6.07) is 6.62. The Kier molecular flexibility index (Phi) is 3.70. The predicted molar refractivity (Wildman–Crippen MR) is 77.4 cm³/mol. The first-order chi connectivity index (χ1) is 9.37. The van der Waals surface area contributed by atoms with Gasteiger partial charge in [0.05, 0.1) is 12.5 Å². The summed E-state index contributed by atoms with van der Waals surface area (Å²) in [5.41, 5.74) is 6.91. The lowest BCUT2D eigenvalue weighted by Gasteiger charge is -2.21. The molecule has 0 fully saturated rings. The van der Waals surface area contributed by atoms with E-state index in [1.54, 1.807) is 25.1 Å². The summed E-state index contributed by atoms with van der Waals surface area (Å²) in [6.07, 6.45) is 1.60. The van der Waals surface area contributed by atoms with Gasteiger partial charge in [0.2, 0.25) is 10.0 Å². The van der Waals surface area contributed by atoms with Crippen molar-refractivity contribution in [1.29, 1.82) is 5.26 Å². The Labute approximate surface area is 117 Å². The average Bonchev–Trinajstić information content (AvgIpc) is 2.81. The zero-order valence-electron chi connectivity index (χ0n) is 11.3. The van der Waals surface area contributed by atoms with Gasteiger partial charge in [-0.3, -0.25) is 0 Å². The first-order valence-corrected chi connectivity index (χ1v) is 7.53. The Morgan fingerprint density at radius 3 is 2.85 bits per heavy atom. The van der Waals surface area contributed by atoms with Crippen LogP contribution in [-0.4, -0.2) is 30.8 Å². The molecule has 0 saturated heterocycles. The van der Waals surface area contributed by atoms with Crippen LogP contribution in [0.2, 0.25) is 0 Å². The number of rotatable bonds is 4. The summed E-state index contributed by atoms with van der Waals surface area (Å²) in [6.45, 7) is 1.70. The zero-order valence-corrected chi connectivity index (χ0v) is 12.1. The van der Waals surface area contributed by atoms with Gasteiger partial charge in [0, 0.05) is 35.9 Å². The molecule has 0 amide bonds. The molecule has 6 nitrogen and oxygen atoms in total. The molecule has 1 aromatic carbocycles.